The minimum atomic E-state index is -1.28. The first kappa shape index (κ1) is 30.7. The van der Waals surface area contributed by atoms with Crippen molar-refractivity contribution < 1.29 is 29.4 Å². The second-order valence-corrected chi connectivity index (χ2v) is 11.1. The second-order valence-electron chi connectivity index (χ2n) is 11.1. The fourth-order valence-corrected chi connectivity index (χ4v) is 5.14. The topological polar surface area (TPSA) is 149 Å². The average molecular weight is 553 g/mol. The molecular formula is C30H40N4O6. The molecule has 10 nitrogen and oxygen atoms in total. The number of aliphatic hydroxyl groups is 1. The van der Waals surface area contributed by atoms with Crippen LogP contribution in [0.2, 0.25) is 0 Å². The van der Waals surface area contributed by atoms with Crippen LogP contribution in [-0.4, -0.2) is 74.9 Å². The zero-order valence-electron chi connectivity index (χ0n) is 23.7. The summed E-state index contributed by atoms with van der Waals surface area (Å²) in [5, 5.41) is 27.0. The number of carbonyl (C=O) groups excluding carboxylic acids is 4. The first-order chi connectivity index (χ1) is 18.9. The van der Waals surface area contributed by atoms with E-state index < -0.39 is 47.9 Å². The highest BCUT2D eigenvalue weighted by molar-refractivity contribution is 5.98. The van der Waals surface area contributed by atoms with Crippen molar-refractivity contribution in [2.24, 2.45) is 17.8 Å². The number of aromatic hydroxyl groups is 1. The molecule has 3 rings (SSSR count). The van der Waals surface area contributed by atoms with Crippen molar-refractivity contribution in [2.75, 3.05) is 7.05 Å². The lowest BCUT2D eigenvalue weighted by Gasteiger charge is -2.37. The third-order valence-electron chi connectivity index (χ3n) is 7.48. The van der Waals surface area contributed by atoms with Crippen LogP contribution in [0.1, 0.15) is 56.6 Å². The van der Waals surface area contributed by atoms with Gasteiger partial charge >= 0.3 is 0 Å². The summed E-state index contributed by atoms with van der Waals surface area (Å²) in [7, 11) is 1.57. The molecule has 3 amide bonds. The van der Waals surface area contributed by atoms with Gasteiger partial charge in [0.2, 0.25) is 11.8 Å². The van der Waals surface area contributed by atoms with Gasteiger partial charge in [0.15, 0.2) is 11.5 Å². The molecule has 0 saturated carbocycles. The number of Topliss-reactive ketones (excluding diaryl/α,β-unsaturated/α-hetero) is 1. The largest absolute Gasteiger partial charge is 0.505 e. The molecule has 1 aliphatic rings. The van der Waals surface area contributed by atoms with E-state index in [1.807, 2.05) is 44.2 Å². The molecule has 1 aliphatic heterocycles. The molecule has 2 heterocycles. The number of pyridine rings is 1. The molecule has 1 aromatic heterocycles. The minimum absolute atomic E-state index is 0.0815. The van der Waals surface area contributed by atoms with E-state index in [4.69, 9.17) is 0 Å². The summed E-state index contributed by atoms with van der Waals surface area (Å²) in [4.78, 5) is 59.2. The molecule has 1 fully saturated rings. The van der Waals surface area contributed by atoms with Gasteiger partial charge in [0, 0.05) is 19.7 Å². The number of ketones is 1. The SMILES string of the molecule is CC(C)CC1C(=O)C[C@H](C)[C@H](NC(=O)c2ncccc2O)C(=O)N[C@@H](Cc2ccccc2)[C@@H](O)[C@@H](C)C(=O)N1C. The molecular weight excluding hydrogens is 512 g/mol. The summed E-state index contributed by atoms with van der Waals surface area (Å²) >= 11 is 0. The molecule has 6 atom stereocenters. The van der Waals surface area contributed by atoms with Crippen LogP contribution in [0.3, 0.4) is 0 Å². The molecule has 0 aliphatic carbocycles. The van der Waals surface area contributed by atoms with Gasteiger partial charge in [0.1, 0.15) is 11.8 Å². The van der Waals surface area contributed by atoms with E-state index in [9.17, 15) is 29.4 Å². The van der Waals surface area contributed by atoms with Gasteiger partial charge in [-0.25, -0.2) is 4.98 Å². The van der Waals surface area contributed by atoms with Gasteiger partial charge in [-0.3, -0.25) is 19.2 Å². The number of amides is 3. The van der Waals surface area contributed by atoms with Crippen LogP contribution in [0.15, 0.2) is 48.7 Å². The van der Waals surface area contributed by atoms with Crippen LogP contribution >= 0.6 is 0 Å². The molecule has 0 bridgehead atoms. The Bertz CT molecular complexity index is 1200. The summed E-state index contributed by atoms with van der Waals surface area (Å²) in [6.07, 6.45) is 0.635. The Kier molecular flexibility index (Phi) is 10.4. The quantitative estimate of drug-likeness (QED) is 0.429. The highest BCUT2D eigenvalue weighted by atomic mass is 16.3. The van der Waals surface area contributed by atoms with E-state index >= 15 is 0 Å². The van der Waals surface area contributed by atoms with Gasteiger partial charge in [-0.1, -0.05) is 58.0 Å². The van der Waals surface area contributed by atoms with Crippen LogP contribution in [0.4, 0.5) is 0 Å². The zero-order chi connectivity index (χ0) is 29.6. The molecule has 1 aromatic carbocycles. The van der Waals surface area contributed by atoms with Crippen molar-refractivity contribution in [3.05, 3.63) is 59.9 Å². The fraction of sp³-hybridized carbons (Fsp3) is 0.500. The van der Waals surface area contributed by atoms with Gasteiger partial charge < -0.3 is 25.7 Å². The summed E-state index contributed by atoms with van der Waals surface area (Å²) in [6.45, 7) is 7.16. The fourth-order valence-electron chi connectivity index (χ4n) is 5.14. The Labute approximate surface area is 235 Å². The Balaban J connectivity index is 2.03. The number of nitrogens with zero attached hydrogens (tertiary/aromatic N) is 2. The molecule has 4 N–H and O–H groups in total. The predicted molar refractivity (Wildman–Crippen MR) is 149 cm³/mol. The van der Waals surface area contributed by atoms with Crippen LogP contribution < -0.4 is 10.6 Å². The number of carbonyl (C=O) groups is 4. The number of aromatic nitrogens is 1. The maximum absolute atomic E-state index is 13.7. The highest BCUT2D eigenvalue weighted by Gasteiger charge is 2.40. The van der Waals surface area contributed by atoms with Crippen LogP contribution in [0.25, 0.3) is 0 Å². The maximum Gasteiger partial charge on any atom is 0.274 e. The number of aliphatic hydroxyl groups excluding tert-OH is 1. The van der Waals surface area contributed by atoms with Gasteiger partial charge in [-0.2, -0.15) is 0 Å². The maximum atomic E-state index is 13.7. The van der Waals surface area contributed by atoms with Crippen molar-refractivity contribution in [2.45, 2.75) is 71.2 Å². The van der Waals surface area contributed by atoms with Crippen molar-refractivity contribution in [1.29, 1.82) is 0 Å². The van der Waals surface area contributed by atoms with Gasteiger partial charge in [0.25, 0.3) is 5.91 Å². The number of rotatable bonds is 6. The Morgan fingerprint density at radius 3 is 2.42 bits per heavy atom. The van der Waals surface area contributed by atoms with E-state index in [1.54, 1.807) is 20.9 Å². The number of likely N-dealkylation sites (N-methyl/N-ethyl adjacent to an activating group) is 1. The molecule has 1 saturated heterocycles. The average Bonchev–Trinajstić information content (AvgIpc) is 2.92. The van der Waals surface area contributed by atoms with Crippen molar-refractivity contribution in [1.82, 2.24) is 20.5 Å². The third kappa shape index (κ3) is 7.44. The molecule has 0 radical (unpaired) electrons. The summed E-state index contributed by atoms with van der Waals surface area (Å²) in [6, 6.07) is 9.24. The Morgan fingerprint density at radius 1 is 1.12 bits per heavy atom. The lowest BCUT2D eigenvalue weighted by Crippen LogP contribution is -2.59. The summed E-state index contributed by atoms with van der Waals surface area (Å²) < 4.78 is 0. The molecule has 2 aromatic rings. The van der Waals surface area contributed by atoms with E-state index in [0.29, 0.717) is 6.42 Å². The van der Waals surface area contributed by atoms with Gasteiger partial charge in [-0.15, -0.1) is 0 Å². The summed E-state index contributed by atoms with van der Waals surface area (Å²) in [5.41, 5.74) is 0.587. The second kappa shape index (κ2) is 13.5. The van der Waals surface area contributed by atoms with E-state index in [1.165, 1.54) is 23.2 Å². The molecule has 10 heteroatoms. The lowest BCUT2D eigenvalue weighted by molar-refractivity contribution is -0.146. The lowest BCUT2D eigenvalue weighted by atomic mass is 9.86. The summed E-state index contributed by atoms with van der Waals surface area (Å²) in [5.74, 6) is -3.86. The normalized spacial score (nSPS) is 26.6. The van der Waals surface area contributed by atoms with E-state index in [2.05, 4.69) is 15.6 Å². The Hall–Kier alpha value is -3.79. The van der Waals surface area contributed by atoms with Crippen molar-refractivity contribution >= 4 is 23.5 Å². The first-order valence-electron chi connectivity index (χ1n) is 13.7. The zero-order valence-corrected chi connectivity index (χ0v) is 23.7. The van der Waals surface area contributed by atoms with Crippen molar-refractivity contribution in [3.8, 4) is 5.75 Å². The smallest absolute Gasteiger partial charge is 0.274 e. The third-order valence-corrected chi connectivity index (χ3v) is 7.48. The Morgan fingerprint density at radius 2 is 1.80 bits per heavy atom. The molecule has 0 spiro atoms. The van der Waals surface area contributed by atoms with Crippen LogP contribution in [-0.2, 0) is 20.8 Å². The highest BCUT2D eigenvalue weighted by Crippen LogP contribution is 2.24. The number of benzene rings is 1. The number of hydrogen-bond donors (Lipinski definition) is 4. The molecule has 216 valence electrons. The molecule has 1 unspecified atom stereocenters. The molecule has 40 heavy (non-hydrogen) atoms. The monoisotopic (exact) mass is 552 g/mol. The number of hydrogen-bond acceptors (Lipinski definition) is 7. The van der Waals surface area contributed by atoms with Gasteiger partial charge in [0.05, 0.1) is 24.1 Å². The van der Waals surface area contributed by atoms with Crippen molar-refractivity contribution in [3.63, 3.8) is 0 Å². The standard InChI is InChI=1S/C30H40N4O6/c1-17(2)14-22-24(36)15-18(3)25(33-29(39)26-23(35)12-9-13-31-26)28(38)32-21(16-20-10-7-6-8-11-20)27(37)19(4)30(40)34(22)5/h6-13,17-19,21-22,25,27,35,37H,14-16H2,1-5H3,(H,32,38)(H,33,39)/t18-,19+,21-,22?,25-,27-/m0/s1. The van der Waals surface area contributed by atoms with E-state index in [-0.39, 0.29) is 41.9 Å². The van der Waals surface area contributed by atoms with Crippen LogP contribution in [0, 0.1) is 17.8 Å². The van der Waals surface area contributed by atoms with Crippen LogP contribution in [0.5, 0.6) is 5.75 Å². The number of nitrogens with one attached hydrogen (secondary N) is 2. The predicted octanol–water partition coefficient (Wildman–Crippen LogP) is 2.09. The van der Waals surface area contributed by atoms with E-state index in [0.717, 1.165) is 5.56 Å². The van der Waals surface area contributed by atoms with Gasteiger partial charge in [-0.05, 0) is 42.4 Å². The first-order valence-corrected chi connectivity index (χ1v) is 13.7. The minimum Gasteiger partial charge on any atom is -0.505 e.